The van der Waals surface area contributed by atoms with Crippen LogP contribution < -0.4 is 21.3 Å². The van der Waals surface area contributed by atoms with E-state index < -0.39 is 57.9 Å². The number of amides is 4. The van der Waals surface area contributed by atoms with Crippen LogP contribution in [0, 0.1) is 11.8 Å². The summed E-state index contributed by atoms with van der Waals surface area (Å²) in [6.45, 7) is 8.89. The normalized spacial score (nSPS) is 33.2. The first-order valence-corrected chi connectivity index (χ1v) is 12.9. The molecule has 2 rings (SSSR count). The standard InChI is InChI=1S/C20H31IN4O6S/c1-8(2)14-18(28)22-11-7-32-10(5)16(25-17(11)27)19(29)24-15(9(3)4)20(30)31-12(21)6-13(26)23-14/h8-12,14-16H,6-7H2,1-5H3,(H,22,28)(H,23,26)(H,24,29)(H,25,27)/t10?,11-,12+,14-,15+,16?/m1/s1. The Bertz CT molecular complexity index is 764. The van der Waals surface area contributed by atoms with Crippen LogP contribution in [0.2, 0.25) is 0 Å². The second-order valence-corrected chi connectivity index (χ2v) is 11.5. The monoisotopic (exact) mass is 582 g/mol. The zero-order chi connectivity index (χ0) is 24.2. The molecule has 2 fully saturated rings. The summed E-state index contributed by atoms with van der Waals surface area (Å²) in [5.41, 5.74) is 0. The van der Waals surface area contributed by atoms with Crippen LogP contribution in [-0.4, -0.2) is 68.9 Å². The van der Waals surface area contributed by atoms with Gasteiger partial charge in [0.25, 0.3) is 0 Å². The SMILES string of the molecule is CC1SC[C@H]2NC(=O)[C@@H](C(C)C)NC(=O)C[C@@H](I)OC(=O)[C@H](C(C)C)NC(=O)C1NC2=O. The first-order chi connectivity index (χ1) is 14.9. The van der Waals surface area contributed by atoms with Crippen molar-refractivity contribution in [3.63, 3.8) is 0 Å². The first kappa shape index (κ1) is 26.7. The summed E-state index contributed by atoms with van der Waals surface area (Å²) in [6.07, 6.45) is -0.152. The third kappa shape index (κ3) is 6.96. The molecule has 0 aromatic rings. The Balaban J connectivity index is 2.38. The van der Waals surface area contributed by atoms with Crippen molar-refractivity contribution in [3.8, 4) is 0 Å². The highest BCUT2D eigenvalue weighted by atomic mass is 127. The van der Waals surface area contributed by atoms with Gasteiger partial charge in [-0.2, -0.15) is 11.8 Å². The molecular weight excluding hydrogens is 551 g/mol. The minimum absolute atomic E-state index is 0.152. The number of carbonyl (C=O) groups is 5. The summed E-state index contributed by atoms with van der Waals surface area (Å²) in [5, 5.41) is 10.5. The van der Waals surface area contributed by atoms with Crippen molar-refractivity contribution >= 4 is 64.0 Å². The van der Waals surface area contributed by atoms with Gasteiger partial charge in [-0.1, -0.05) is 34.6 Å². The maximum Gasteiger partial charge on any atom is 0.329 e. The fourth-order valence-corrected chi connectivity index (χ4v) is 5.10. The molecule has 4 amide bonds. The van der Waals surface area contributed by atoms with Gasteiger partial charge in [0.05, 0.1) is 6.42 Å². The van der Waals surface area contributed by atoms with E-state index >= 15 is 0 Å². The molecule has 4 N–H and O–H groups in total. The number of ether oxygens (including phenoxy) is 1. The van der Waals surface area contributed by atoms with E-state index in [1.54, 1.807) is 34.6 Å². The van der Waals surface area contributed by atoms with Crippen molar-refractivity contribution in [2.75, 3.05) is 5.75 Å². The molecule has 180 valence electrons. The predicted molar refractivity (Wildman–Crippen MR) is 128 cm³/mol. The largest absolute Gasteiger partial charge is 0.450 e. The van der Waals surface area contributed by atoms with Crippen LogP contribution in [0.15, 0.2) is 0 Å². The highest BCUT2D eigenvalue weighted by Gasteiger charge is 2.39. The van der Waals surface area contributed by atoms with Gasteiger partial charge in [-0.25, -0.2) is 4.79 Å². The van der Waals surface area contributed by atoms with Gasteiger partial charge in [0.15, 0.2) is 4.11 Å². The number of thioether (sulfide) groups is 1. The second-order valence-electron chi connectivity index (χ2n) is 8.66. The summed E-state index contributed by atoms with van der Waals surface area (Å²) in [7, 11) is 0. The summed E-state index contributed by atoms with van der Waals surface area (Å²) >= 11 is 3.20. The number of cyclic esters (lactones) is 1. The molecule has 6 atom stereocenters. The van der Waals surface area contributed by atoms with E-state index in [0.29, 0.717) is 0 Å². The lowest BCUT2D eigenvalue weighted by molar-refractivity contribution is -0.151. The molecule has 0 aromatic carbocycles. The molecule has 32 heavy (non-hydrogen) atoms. The van der Waals surface area contributed by atoms with E-state index in [1.807, 2.05) is 22.6 Å². The fraction of sp³-hybridized carbons (Fsp3) is 0.750. The molecule has 2 unspecified atom stereocenters. The lowest BCUT2D eigenvalue weighted by Gasteiger charge is -2.28. The van der Waals surface area contributed by atoms with Gasteiger partial charge in [0.2, 0.25) is 23.6 Å². The van der Waals surface area contributed by atoms with Crippen LogP contribution in [0.5, 0.6) is 0 Å². The third-order valence-corrected chi connectivity index (χ3v) is 7.30. The maximum absolute atomic E-state index is 13.0. The first-order valence-electron chi connectivity index (χ1n) is 10.6. The number of carbonyl (C=O) groups excluding carboxylic acids is 5. The van der Waals surface area contributed by atoms with Crippen LogP contribution in [-0.2, 0) is 28.7 Å². The molecule has 2 heterocycles. The molecule has 2 aliphatic rings. The number of alkyl halides is 1. The van der Waals surface area contributed by atoms with Gasteiger partial charge in [-0.3, -0.25) is 19.2 Å². The Morgan fingerprint density at radius 1 is 0.875 bits per heavy atom. The van der Waals surface area contributed by atoms with Crippen molar-refractivity contribution in [3.05, 3.63) is 0 Å². The number of rotatable bonds is 2. The molecule has 0 aromatic heterocycles. The van der Waals surface area contributed by atoms with Crippen LogP contribution >= 0.6 is 34.4 Å². The van der Waals surface area contributed by atoms with E-state index in [0.717, 1.165) is 0 Å². The Kier molecular flexibility index (Phi) is 9.61. The van der Waals surface area contributed by atoms with Crippen molar-refractivity contribution in [1.29, 1.82) is 0 Å². The molecule has 12 heteroatoms. The lowest BCUT2D eigenvalue weighted by Crippen LogP contribution is -2.59. The minimum Gasteiger partial charge on any atom is -0.450 e. The minimum atomic E-state index is -0.938. The van der Waals surface area contributed by atoms with Gasteiger partial charge in [0, 0.05) is 11.0 Å². The number of fused-ring (bicyclic) bond motifs is 3. The molecule has 2 aliphatic heterocycles. The van der Waals surface area contributed by atoms with Crippen molar-refractivity contribution in [1.82, 2.24) is 21.3 Å². The Hall–Kier alpha value is -1.57. The quantitative estimate of drug-likeness (QED) is 0.205. The van der Waals surface area contributed by atoms with Crippen LogP contribution in [0.25, 0.3) is 0 Å². The lowest BCUT2D eigenvalue weighted by atomic mass is 10.0. The number of hydrogen-bond donors (Lipinski definition) is 4. The fourth-order valence-electron chi connectivity index (χ4n) is 3.33. The third-order valence-electron chi connectivity index (χ3n) is 5.28. The molecule has 0 aliphatic carbocycles. The number of nitrogens with one attached hydrogen (secondary N) is 4. The number of halogens is 1. The molecule has 0 saturated carbocycles. The summed E-state index contributed by atoms with van der Waals surface area (Å²) in [5.74, 6) is -2.85. The summed E-state index contributed by atoms with van der Waals surface area (Å²) in [4.78, 5) is 63.8. The average molecular weight is 582 g/mol. The Morgan fingerprint density at radius 2 is 1.50 bits per heavy atom. The van der Waals surface area contributed by atoms with Gasteiger partial charge in [-0.15, -0.1) is 0 Å². The van der Waals surface area contributed by atoms with Crippen LogP contribution in [0.4, 0.5) is 0 Å². The molecule has 2 bridgehead atoms. The molecule has 0 spiro atoms. The van der Waals surface area contributed by atoms with Gasteiger partial charge in [0.1, 0.15) is 24.2 Å². The van der Waals surface area contributed by atoms with Crippen LogP contribution in [0.1, 0.15) is 41.0 Å². The summed E-state index contributed by atoms with van der Waals surface area (Å²) in [6, 6.07) is -3.54. The zero-order valence-corrected chi connectivity index (χ0v) is 21.7. The maximum atomic E-state index is 13.0. The molecule has 2 saturated heterocycles. The topological polar surface area (TPSA) is 143 Å². The van der Waals surface area contributed by atoms with E-state index in [2.05, 4.69) is 21.3 Å². The smallest absolute Gasteiger partial charge is 0.329 e. The predicted octanol–water partition coefficient (Wildman–Crippen LogP) is 0.0809. The van der Waals surface area contributed by atoms with Gasteiger partial charge >= 0.3 is 5.97 Å². The van der Waals surface area contributed by atoms with E-state index in [4.69, 9.17) is 4.74 Å². The van der Waals surface area contributed by atoms with Gasteiger partial charge < -0.3 is 26.0 Å². The molecule has 10 nitrogen and oxygen atoms in total. The summed E-state index contributed by atoms with van der Waals surface area (Å²) < 4.78 is 4.61. The zero-order valence-electron chi connectivity index (χ0n) is 18.8. The number of esters is 1. The average Bonchev–Trinajstić information content (AvgIpc) is 2.81. The Labute approximate surface area is 205 Å². The van der Waals surface area contributed by atoms with Crippen molar-refractivity contribution < 1.29 is 28.7 Å². The van der Waals surface area contributed by atoms with Crippen LogP contribution in [0.3, 0.4) is 0 Å². The van der Waals surface area contributed by atoms with E-state index in [9.17, 15) is 24.0 Å². The highest BCUT2D eigenvalue weighted by Crippen LogP contribution is 2.21. The van der Waals surface area contributed by atoms with E-state index in [1.165, 1.54) is 11.8 Å². The highest BCUT2D eigenvalue weighted by molar-refractivity contribution is 14.1. The van der Waals surface area contributed by atoms with Gasteiger partial charge in [-0.05, 0) is 34.4 Å². The van der Waals surface area contributed by atoms with E-state index in [-0.39, 0.29) is 29.3 Å². The van der Waals surface area contributed by atoms with Crippen molar-refractivity contribution in [2.45, 2.75) is 74.6 Å². The molecule has 0 radical (unpaired) electrons. The van der Waals surface area contributed by atoms with Crippen molar-refractivity contribution in [2.24, 2.45) is 11.8 Å². The number of hydrogen-bond acceptors (Lipinski definition) is 7. The second kappa shape index (κ2) is 11.5. The Morgan fingerprint density at radius 3 is 2.09 bits per heavy atom. The molecular formula is C20H31IN4O6S.